The molecule has 18 heavy (non-hydrogen) atoms. The number of hydrogen-bond donors (Lipinski definition) is 0. The molecule has 0 amide bonds. The number of hydrogen-bond acceptors (Lipinski definition) is 4. The van der Waals surface area contributed by atoms with Crippen LogP contribution in [-0.4, -0.2) is 30.3 Å². The largest absolute Gasteiger partial charge is 0.254 e. The van der Waals surface area contributed by atoms with Crippen LogP contribution in [0.15, 0.2) is 4.21 Å². The first-order valence-corrected chi connectivity index (χ1v) is 8.60. The maximum Gasteiger partial charge on any atom is 0.254 e. The van der Waals surface area contributed by atoms with Crippen molar-refractivity contribution in [2.75, 3.05) is 6.54 Å². The van der Waals surface area contributed by atoms with Crippen molar-refractivity contribution in [3.63, 3.8) is 0 Å². The highest BCUT2D eigenvalue weighted by Gasteiger charge is 2.39. The van der Waals surface area contributed by atoms with Gasteiger partial charge in [0.05, 0.1) is 5.69 Å². The minimum Gasteiger partial charge on any atom is -0.229 e. The number of thiazole rings is 1. The molecular weight excluding hydrogens is 292 g/mol. The molecule has 7 heteroatoms. The molecule has 0 aromatic carbocycles. The van der Waals surface area contributed by atoms with Crippen LogP contribution >= 0.6 is 22.9 Å². The van der Waals surface area contributed by atoms with Crippen molar-refractivity contribution in [1.82, 2.24) is 9.29 Å². The Bertz CT molecular complexity index is 535. The summed E-state index contributed by atoms with van der Waals surface area (Å²) in [5.74, 6) is 0.309. The van der Waals surface area contributed by atoms with Crippen LogP contribution in [0.2, 0.25) is 4.47 Å². The number of aryl methyl sites for hydroxylation is 1. The van der Waals surface area contributed by atoms with Crippen LogP contribution in [0.5, 0.6) is 0 Å². The van der Waals surface area contributed by atoms with Crippen molar-refractivity contribution in [2.45, 2.75) is 43.9 Å². The molecule has 1 aromatic rings. The highest BCUT2D eigenvalue weighted by molar-refractivity contribution is 7.91. The Kier molecular flexibility index (Phi) is 4.02. The fourth-order valence-electron chi connectivity index (χ4n) is 1.86. The lowest BCUT2D eigenvalue weighted by molar-refractivity contribution is 0.360. The van der Waals surface area contributed by atoms with Gasteiger partial charge in [-0.15, -0.1) is 0 Å². The van der Waals surface area contributed by atoms with E-state index in [2.05, 4.69) is 4.98 Å². The van der Waals surface area contributed by atoms with Crippen molar-refractivity contribution in [3.8, 4) is 0 Å². The average molecular weight is 309 g/mol. The van der Waals surface area contributed by atoms with E-state index in [9.17, 15) is 8.42 Å². The van der Waals surface area contributed by atoms with Gasteiger partial charge in [-0.2, -0.15) is 4.31 Å². The second kappa shape index (κ2) is 5.07. The lowest BCUT2D eigenvalue weighted by Gasteiger charge is -2.23. The molecule has 1 saturated carbocycles. The molecule has 0 bridgehead atoms. The molecule has 102 valence electrons. The van der Waals surface area contributed by atoms with E-state index in [1.807, 2.05) is 13.8 Å². The molecule has 0 unspecified atom stereocenters. The van der Waals surface area contributed by atoms with E-state index < -0.39 is 10.0 Å². The first-order valence-electron chi connectivity index (χ1n) is 5.97. The Labute approximate surface area is 117 Å². The third-order valence-electron chi connectivity index (χ3n) is 2.77. The second-order valence-electron chi connectivity index (χ2n) is 5.04. The Hall–Kier alpha value is -0.170. The van der Waals surface area contributed by atoms with Gasteiger partial charge in [-0.05, 0) is 25.7 Å². The minimum absolute atomic E-state index is 0.165. The number of halogens is 1. The topological polar surface area (TPSA) is 50.3 Å². The zero-order valence-corrected chi connectivity index (χ0v) is 13.1. The molecule has 2 rings (SSSR count). The zero-order valence-electron chi connectivity index (χ0n) is 10.7. The van der Waals surface area contributed by atoms with Crippen LogP contribution in [0, 0.1) is 12.8 Å². The standard InChI is InChI=1S/C11H17ClN2O2S2/c1-7(2)6-14(9-4-5-9)18(15,16)10-8(3)13-11(12)17-10/h7,9H,4-6H2,1-3H3. The summed E-state index contributed by atoms with van der Waals surface area (Å²) in [4.78, 5) is 4.00. The van der Waals surface area contributed by atoms with Crippen LogP contribution < -0.4 is 0 Å². The number of sulfonamides is 1. The summed E-state index contributed by atoms with van der Waals surface area (Å²) in [6.07, 6.45) is 1.91. The minimum atomic E-state index is -3.44. The summed E-state index contributed by atoms with van der Waals surface area (Å²) in [5.41, 5.74) is 0.499. The van der Waals surface area contributed by atoms with Gasteiger partial charge in [-0.1, -0.05) is 36.8 Å². The summed E-state index contributed by atoms with van der Waals surface area (Å²) < 4.78 is 27.4. The van der Waals surface area contributed by atoms with E-state index in [0.717, 1.165) is 24.2 Å². The fraction of sp³-hybridized carbons (Fsp3) is 0.727. The summed E-state index contributed by atoms with van der Waals surface area (Å²) in [6, 6.07) is 0.165. The lowest BCUT2D eigenvalue weighted by atomic mass is 10.2. The summed E-state index contributed by atoms with van der Waals surface area (Å²) in [6.45, 7) is 6.30. The molecule has 1 aliphatic rings. The monoisotopic (exact) mass is 308 g/mol. The number of nitrogens with zero attached hydrogens (tertiary/aromatic N) is 2. The molecule has 1 fully saturated rings. The molecular formula is C11H17ClN2O2S2. The van der Waals surface area contributed by atoms with Gasteiger partial charge < -0.3 is 0 Å². The van der Waals surface area contributed by atoms with Crippen molar-refractivity contribution in [1.29, 1.82) is 0 Å². The van der Waals surface area contributed by atoms with Gasteiger partial charge in [0.2, 0.25) is 0 Å². The third kappa shape index (κ3) is 2.87. The highest BCUT2D eigenvalue weighted by Crippen LogP contribution is 2.36. The third-order valence-corrected chi connectivity index (χ3v) is 6.54. The van der Waals surface area contributed by atoms with Crippen LogP contribution in [-0.2, 0) is 10.0 Å². The van der Waals surface area contributed by atoms with Gasteiger partial charge >= 0.3 is 0 Å². The molecule has 1 aromatic heterocycles. The van der Waals surface area contributed by atoms with E-state index in [4.69, 9.17) is 11.6 Å². The summed E-state index contributed by atoms with van der Waals surface area (Å²) in [5, 5.41) is 0. The summed E-state index contributed by atoms with van der Waals surface area (Å²) >= 11 is 6.85. The molecule has 0 spiro atoms. The Balaban J connectivity index is 2.36. The summed E-state index contributed by atoms with van der Waals surface area (Å²) in [7, 11) is -3.44. The van der Waals surface area contributed by atoms with Gasteiger partial charge in [0, 0.05) is 12.6 Å². The molecule has 4 nitrogen and oxygen atoms in total. The van der Waals surface area contributed by atoms with Crippen LogP contribution in [0.1, 0.15) is 32.4 Å². The molecule has 0 aliphatic heterocycles. The van der Waals surface area contributed by atoms with Gasteiger partial charge in [-0.25, -0.2) is 13.4 Å². The quantitative estimate of drug-likeness (QED) is 0.840. The van der Waals surface area contributed by atoms with E-state index in [1.54, 1.807) is 11.2 Å². The molecule has 0 N–H and O–H groups in total. The van der Waals surface area contributed by atoms with Gasteiger partial charge in [0.15, 0.2) is 8.68 Å². The van der Waals surface area contributed by atoms with E-state index in [-0.39, 0.29) is 10.5 Å². The maximum atomic E-state index is 12.6. The molecule has 0 saturated heterocycles. The maximum absolute atomic E-state index is 12.6. The Morgan fingerprint density at radius 1 is 1.50 bits per heavy atom. The van der Waals surface area contributed by atoms with Crippen LogP contribution in [0.4, 0.5) is 0 Å². The Morgan fingerprint density at radius 2 is 2.11 bits per heavy atom. The predicted octanol–water partition coefficient (Wildman–Crippen LogP) is 2.91. The predicted molar refractivity (Wildman–Crippen MR) is 73.6 cm³/mol. The molecule has 0 atom stereocenters. The van der Waals surface area contributed by atoms with Crippen LogP contribution in [0.3, 0.4) is 0 Å². The SMILES string of the molecule is Cc1nc(Cl)sc1S(=O)(=O)N(CC(C)C)C1CC1. The van der Waals surface area contributed by atoms with Gasteiger partial charge in [0.25, 0.3) is 10.0 Å². The highest BCUT2D eigenvalue weighted by atomic mass is 35.5. The van der Waals surface area contributed by atoms with Crippen molar-refractivity contribution in [2.24, 2.45) is 5.92 Å². The van der Waals surface area contributed by atoms with Crippen molar-refractivity contribution < 1.29 is 8.42 Å². The van der Waals surface area contributed by atoms with E-state index in [1.165, 1.54) is 0 Å². The molecule has 0 radical (unpaired) electrons. The molecule has 1 aliphatic carbocycles. The van der Waals surface area contributed by atoms with E-state index in [0.29, 0.717) is 22.4 Å². The number of rotatable bonds is 5. The normalized spacial score (nSPS) is 16.8. The van der Waals surface area contributed by atoms with Crippen molar-refractivity contribution in [3.05, 3.63) is 10.2 Å². The number of aromatic nitrogens is 1. The fourth-order valence-corrected chi connectivity index (χ4v) is 5.56. The lowest BCUT2D eigenvalue weighted by Crippen LogP contribution is -2.36. The Morgan fingerprint density at radius 3 is 2.50 bits per heavy atom. The van der Waals surface area contributed by atoms with Crippen LogP contribution in [0.25, 0.3) is 0 Å². The van der Waals surface area contributed by atoms with E-state index >= 15 is 0 Å². The second-order valence-corrected chi connectivity index (χ2v) is 8.71. The first kappa shape index (κ1) is 14.2. The first-order chi connectivity index (χ1) is 8.32. The zero-order chi connectivity index (χ0) is 13.5. The van der Waals surface area contributed by atoms with Crippen molar-refractivity contribution >= 4 is 33.0 Å². The van der Waals surface area contributed by atoms with Gasteiger partial charge in [-0.3, -0.25) is 0 Å². The average Bonchev–Trinajstić information content (AvgIpc) is 3.00. The van der Waals surface area contributed by atoms with Gasteiger partial charge in [0.1, 0.15) is 0 Å². The molecule has 1 heterocycles. The smallest absolute Gasteiger partial charge is 0.229 e.